The van der Waals surface area contributed by atoms with Crippen molar-refractivity contribution < 1.29 is 0 Å². The summed E-state index contributed by atoms with van der Waals surface area (Å²) >= 11 is 0. The van der Waals surface area contributed by atoms with Crippen LogP contribution < -0.4 is 0 Å². The van der Waals surface area contributed by atoms with Crippen LogP contribution in [0.25, 0.3) is 0 Å². The minimum absolute atomic E-state index is 0.432. The second kappa shape index (κ2) is 8.42. The van der Waals surface area contributed by atoms with Crippen molar-refractivity contribution in [1.82, 2.24) is 0 Å². The van der Waals surface area contributed by atoms with Crippen molar-refractivity contribution in [1.29, 1.82) is 10.8 Å². The van der Waals surface area contributed by atoms with Gasteiger partial charge in [-0.25, -0.2) is 0 Å². The number of hydrogen-bond acceptors (Lipinski definition) is 2. The molecule has 0 radical (unpaired) electrons. The minimum atomic E-state index is 0.432. The molecule has 0 saturated heterocycles. The predicted molar refractivity (Wildman–Crippen MR) is 65.7 cm³/mol. The number of rotatable bonds is 4. The van der Waals surface area contributed by atoms with Gasteiger partial charge in [0.15, 0.2) is 0 Å². The average Bonchev–Trinajstić information content (AvgIpc) is 2.21. The molecule has 0 aliphatic carbocycles. The van der Waals surface area contributed by atoms with Gasteiger partial charge in [-0.1, -0.05) is 27.4 Å². The Kier molecular flexibility index (Phi) is 9.20. The van der Waals surface area contributed by atoms with Crippen LogP contribution in [0.3, 0.4) is 0 Å². The predicted octanol–water partition coefficient (Wildman–Crippen LogP) is 3.98. The van der Waals surface area contributed by atoms with Crippen molar-refractivity contribution in [3.8, 4) is 0 Å². The van der Waals surface area contributed by atoms with Gasteiger partial charge in [0, 0.05) is 5.71 Å². The Balaban J connectivity index is 0. The normalized spacial score (nSPS) is 10.6. The molecule has 0 bridgehead atoms. The molecular weight excluding hydrogens is 172 g/mol. The molecule has 2 nitrogen and oxygen atoms in total. The van der Waals surface area contributed by atoms with Gasteiger partial charge in [0.2, 0.25) is 0 Å². The maximum Gasteiger partial charge on any atom is 0.0569 e. The highest BCUT2D eigenvalue weighted by molar-refractivity contribution is 6.11. The zero-order chi connectivity index (χ0) is 11.7. The quantitative estimate of drug-likeness (QED) is 0.636. The Hall–Kier alpha value is -1.18. The van der Waals surface area contributed by atoms with E-state index < -0.39 is 0 Å². The third-order valence-electron chi connectivity index (χ3n) is 1.90. The van der Waals surface area contributed by atoms with Crippen molar-refractivity contribution in [3.05, 3.63) is 23.8 Å². The lowest BCUT2D eigenvalue weighted by molar-refractivity contribution is 1.14. The molecule has 14 heavy (non-hydrogen) atoms. The summed E-state index contributed by atoms with van der Waals surface area (Å²) in [5.41, 5.74) is 2.76. The molecule has 0 aliphatic rings. The molecule has 0 aromatic rings. The van der Waals surface area contributed by atoms with Crippen LogP contribution in [0.2, 0.25) is 0 Å². The highest BCUT2D eigenvalue weighted by Gasteiger charge is 2.04. The van der Waals surface area contributed by atoms with E-state index in [1.165, 1.54) is 6.08 Å². The molecule has 0 atom stereocenters. The molecule has 0 heterocycles. The smallest absolute Gasteiger partial charge is 0.0569 e. The highest BCUT2D eigenvalue weighted by Crippen LogP contribution is 2.11. The molecular formula is C12H22N2. The first-order valence-corrected chi connectivity index (χ1v) is 5.01. The van der Waals surface area contributed by atoms with Crippen LogP contribution in [-0.2, 0) is 0 Å². The van der Waals surface area contributed by atoms with E-state index in [9.17, 15) is 0 Å². The molecule has 2 heteroatoms. The van der Waals surface area contributed by atoms with E-state index in [2.05, 4.69) is 6.58 Å². The second-order valence-electron chi connectivity index (χ2n) is 2.70. The Bertz CT molecular complexity index is 247. The van der Waals surface area contributed by atoms with E-state index >= 15 is 0 Å². The summed E-state index contributed by atoms with van der Waals surface area (Å²) in [5, 5.41) is 15.0. The minimum Gasteiger partial charge on any atom is -0.305 e. The standard InChI is InChI=1S/C10H16N2.C2H6/c1-5-9(10(12)6-2)7(3)8(4)11;1-2/h6,11-12H,2,5H2,1,3-4H3;1-2H3/b9-7-,11-8?,12-10?;. The fraction of sp³-hybridized carbons (Fsp3) is 0.500. The van der Waals surface area contributed by atoms with Crippen LogP contribution in [0.15, 0.2) is 23.8 Å². The summed E-state index contributed by atoms with van der Waals surface area (Å²) in [6.07, 6.45) is 2.30. The molecule has 0 unspecified atom stereocenters. The Morgan fingerprint density at radius 1 is 1.21 bits per heavy atom. The summed E-state index contributed by atoms with van der Waals surface area (Å²) < 4.78 is 0. The van der Waals surface area contributed by atoms with Crippen molar-refractivity contribution in [2.24, 2.45) is 0 Å². The monoisotopic (exact) mass is 194 g/mol. The van der Waals surface area contributed by atoms with E-state index in [-0.39, 0.29) is 0 Å². The Labute approximate surface area is 87.8 Å². The van der Waals surface area contributed by atoms with Crippen LogP contribution in [-0.4, -0.2) is 11.4 Å². The van der Waals surface area contributed by atoms with E-state index in [0.29, 0.717) is 11.4 Å². The molecule has 0 amide bonds. The van der Waals surface area contributed by atoms with Gasteiger partial charge in [0.1, 0.15) is 0 Å². The van der Waals surface area contributed by atoms with Crippen molar-refractivity contribution >= 4 is 11.4 Å². The van der Waals surface area contributed by atoms with E-state index in [1.54, 1.807) is 6.92 Å². The third-order valence-corrected chi connectivity index (χ3v) is 1.90. The van der Waals surface area contributed by atoms with Gasteiger partial charge in [-0.2, -0.15) is 0 Å². The molecule has 0 aromatic heterocycles. The highest BCUT2D eigenvalue weighted by atomic mass is 14.4. The largest absolute Gasteiger partial charge is 0.305 e. The first-order valence-electron chi connectivity index (χ1n) is 5.01. The van der Waals surface area contributed by atoms with E-state index in [4.69, 9.17) is 10.8 Å². The zero-order valence-corrected chi connectivity index (χ0v) is 9.99. The van der Waals surface area contributed by atoms with E-state index in [1.807, 2.05) is 27.7 Å². The van der Waals surface area contributed by atoms with Gasteiger partial charge in [-0.05, 0) is 37.5 Å². The van der Waals surface area contributed by atoms with Crippen LogP contribution >= 0.6 is 0 Å². The molecule has 0 spiro atoms. The maximum absolute atomic E-state index is 7.55. The molecule has 0 saturated carbocycles. The van der Waals surface area contributed by atoms with Crippen LogP contribution in [0.4, 0.5) is 0 Å². The van der Waals surface area contributed by atoms with Gasteiger partial charge in [-0.15, -0.1) is 0 Å². The van der Waals surface area contributed by atoms with Crippen LogP contribution in [0, 0.1) is 10.8 Å². The molecule has 0 fully saturated rings. The summed E-state index contributed by atoms with van der Waals surface area (Å²) in [6, 6.07) is 0. The number of hydrogen-bond donors (Lipinski definition) is 2. The van der Waals surface area contributed by atoms with Gasteiger partial charge >= 0.3 is 0 Å². The van der Waals surface area contributed by atoms with Crippen molar-refractivity contribution in [2.45, 2.75) is 41.0 Å². The summed E-state index contributed by atoms with van der Waals surface area (Å²) in [5.74, 6) is 0. The molecule has 0 aromatic carbocycles. The molecule has 2 N–H and O–H groups in total. The van der Waals surface area contributed by atoms with Crippen molar-refractivity contribution in [3.63, 3.8) is 0 Å². The summed E-state index contributed by atoms with van der Waals surface area (Å²) in [7, 11) is 0. The Morgan fingerprint density at radius 2 is 1.64 bits per heavy atom. The SMILES string of the molecule is C=CC(=N)/C(CC)=C(/C)C(C)=N.CC. The lowest BCUT2D eigenvalue weighted by Crippen LogP contribution is -2.04. The zero-order valence-electron chi connectivity index (χ0n) is 9.99. The fourth-order valence-electron chi connectivity index (χ4n) is 1.01. The average molecular weight is 194 g/mol. The van der Waals surface area contributed by atoms with E-state index in [0.717, 1.165) is 17.6 Å². The number of nitrogens with one attached hydrogen (secondary N) is 2. The van der Waals surface area contributed by atoms with Crippen LogP contribution in [0.5, 0.6) is 0 Å². The molecule has 80 valence electrons. The molecule has 0 rings (SSSR count). The summed E-state index contributed by atoms with van der Waals surface area (Å²) in [4.78, 5) is 0. The first-order chi connectivity index (χ1) is 6.54. The lowest BCUT2D eigenvalue weighted by Gasteiger charge is -2.07. The first kappa shape index (κ1) is 15.3. The Morgan fingerprint density at radius 3 is 1.86 bits per heavy atom. The van der Waals surface area contributed by atoms with Crippen LogP contribution in [0.1, 0.15) is 41.0 Å². The number of allylic oxidation sites excluding steroid dienone is 3. The topological polar surface area (TPSA) is 47.7 Å². The lowest BCUT2D eigenvalue weighted by atomic mass is 9.99. The van der Waals surface area contributed by atoms with Crippen molar-refractivity contribution in [2.75, 3.05) is 0 Å². The van der Waals surface area contributed by atoms with Gasteiger partial charge in [0.05, 0.1) is 5.71 Å². The maximum atomic E-state index is 7.55. The second-order valence-corrected chi connectivity index (χ2v) is 2.70. The molecule has 0 aliphatic heterocycles. The third kappa shape index (κ3) is 4.75. The summed E-state index contributed by atoms with van der Waals surface area (Å²) in [6.45, 7) is 13.1. The van der Waals surface area contributed by atoms with Gasteiger partial charge in [0.25, 0.3) is 0 Å². The van der Waals surface area contributed by atoms with Gasteiger partial charge < -0.3 is 10.8 Å². The fourth-order valence-corrected chi connectivity index (χ4v) is 1.01. The van der Waals surface area contributed by atoms with Gasteiger partial charge in [-0.3, -0.25) is 0 Å².